The van der Waals surface area contributed by atoms with Gasteiger partial charge < -0.3 is 4.18 Å². The fourth-order valence-corrected chi connectivity index (χ4v) is 1.79. The summed E-state index contributed by atoms with van der Waals surface area (Å²) in [4.78, 5) is 9.72. The first-order chi connectivity index (χ1) is 8.47. The van der Waals surface area contributed by atoms with Gasteiger partial charge in [0.05, 0.1) is 9.95 Å². The molecule has 0 atom stereocenters. The minimum atomic E-state index is -5.88. The first kappa shape index (κ1) is 15.5. The van der Waals surface area contributed by atoms with Gasteiger partial charge in [0, 0.05) is 11.6 Å². The third kappa shape index (κ3) is 3.07. The Balaban J connectivity index is 3.27. The van der Waals surface area contributed by atoms with Gasteiger partial charge in [0.15, 0.2) is 5.75 Å². The molecule has 106 valence electrons. The standard InChI is InChI=1S/C8H5ClF3NO5S/c1-4-5(13(14)15)2-3-6(7(4)9)18-19(16,17)8(10,11)12/h2-3H,1H3. The van der Waals surface area contributed by atoms with Crippen LogP contribution in [-0.4, -0.2) is 18.8 Å². The number of hydrogen-bond acceptors (Lipinski definition) is 5. The minimum Gasteiger partial charge on any atom is -0.374 e. The monoisotopic (exact) mass is 319 g/mol. The highest BCUT2D eigenvalue weighted by Gasteiger charge is 2.49. The summed E-state index contributed by atoms with van der Waals surface area (Å²) in [7, 11) is -5.88. The number of rotatable bonds is 3. The summed E-state index contributed by atoms with van der Waals surface area (Å²) < 4.78 is 61.6. The molecular formula is C8H5ClF3NO5S. The number of alkyl halides is 3. The second-order valence-electron chi connectivity index (χ2n) is 3.26. The lowest BCUT2D eigenvalue weighted by Gasteiger charge is -2.11. The van der Waals surface area contributed by atoms with Gasteiger partial charge in [-0.05, 0) is 13.0 Å². The van der Waals surface area contributed by atoms with Crippen LogP contribution < -0.4 is 4.18 Å². The minimum absolute atomic E-state index is 0.207. The van der Waals surface area contributed by atoms with Crippen LogP contribution in [0.5, 0.6) is 5.75 Å². The molecule has 1 aromatic carbocycles. The van der Waals surface area contributed by atoms with Crippen molar-refractivity contribution in [1.82, 2.24) is 0 Å². The number of benzene rings is 1. The third-order valence-corrected chi connectivity index (χ3v) is 3.44. The number of nitro groups is 1. The Kier molecular flexibility index (Phi) is 3.96. The van der Waals surface area contributed by atoms with E-state index >= 15 is 0 Å². The van der Waals surface area contributed by atoms with Crippen LogP contribution in [0.15, 0.2) is 12.1 Å². The zero-order valence-corrected chi connectivity index (χ0v) is 10.6. The van der Waals surface area contributed by atoms with E-state index in [2.05, 4.69) is 4.18 Å². The number of nitrogens with zero attached hydrogens (tertiary/aromatic N) is 1. The van der Waals surface area contributed by atoms with E-state index in [1.54, 1.807) is 0 Å². The van der Waals surface area contributed by atoms with E-state index in [1.165, 1.54) is 0 Å². The molecule has 0 amide bonds. The van der Waals surface area contributed by atoms with Crippen molar-refractivity contribution in [2.24, 2.45) is 0 Å². The largest absolute Gasteiger partial charge is 0.534 e. The van der Waals surface area contributed by atoms with E-state index in [4.69, 9.17) is 11.6 Å². The van der Waals surface area contributed by atoms with Crippen molar-refractivity contribution in [2.45, 2.75) is 12.4 Å². The van der Waals surface area contributed by atoms with Gasteiger partial charge >= 0.3 is 15.6 Å². The van der Waals surface area contributed by atoms with Crippen molar-refractivity contribution in [1.29, 1.82) is 0 Å². The van der Waals surface area contributed by atoms with Crippen molar-refractivity contribution >= 4 is 27.4 Å². The zero-order valence-electron chi connectivity index (χ0n) is 9.06. The summed E-state index contributed by atoms with van der Waals surface area (Å²) in [6.45, 7) is 1.15. The Morgan fingerprint density at radius 3 is 2.32 bits per heavy atom. The Morgan fingerprint density at radius 2 is 1.89 bits per heavy atom. The molecule has 1 rings (SSSR count). The summed E-state index contributed by atoms with van der Waals surface area (Å²) in [5.74, 6) is -0.831. The van der Waals surface area contributed by atoms with Crippen molar-refractivity contribution < 1.29 is 30.7 Å². The molecule has 0 saturated heterocycles. The van der Waals surface area contributed by atoms with Crippen LogP contribution in [0.25, 0.3) is 0 Å². The molecule has 0 aliphatic rings. The quantitative estimate of drug-likeness (QED) is 0.370. The van der Waals surface area contributed by atoms with Crippen LogP contribution in [0, 0.1) is 17.0 Å². The van der Waals surface area contributed by atoms with E-state index in [0.717, 1.165) is 13.0 Å². The highest BCUT2D eigenvalue weighted by atomic mass is 35.5. The molecule has 0 fully saturated rings. The smallest absolute Gasteiger partial charge is 0.374 e. The van der Waals surface area contributed by atoms with Gasteiger partial charge in [-0.1, -0.05) is 11.6 Å². The van der Waals surface area contributed by atoms with Crippen LogP contribution in [-0.2, 0) is 10.1 Å². The van der Waals surface area contributed by atoms with E-state index in [1.807, 2.05) is 0 Å². The van der Waals surface area contributed by atoms with Crippen LogP contribution in [0.4, 0.5) is 18.9 Å². The van der Waals surface area contributed by atoms with Gasteiger partial charge in [-0.3, -0.25) is 10.1 Å². The average Bonchev–Trinajstić information content (AvgIpc) is 2.22. The molecule has 11 heteroatoms. The first-order valence-electron chi connectivity index (χ1n) is 4.41. The van der Waals surface area contributed by atoms with Gasteiger partial charge in [0.2, 0.25) is 0 Å². The molecule has 6 nitrogen and oxygen atoms in total. The second-order valence-corrected chi connectivity index (χ2v) is 5.18. The molecule has 0 aliphatic heterocycles. The van der Waals surface area contributed by atoms with E-state index < -0.39 is 37.0 Å². The van der Waals surface area contributed by atoms with Crippen molar-refractivity contribution in [3.05, 3.63) is 32.8 Å². The molecule has 1 aromatic rings. The molecule has 0 bridgehead atoms. The van der Waals surface area contributed by atoms with Gasteiger partial charge in [-0.25, -0.2) is 0 Å². The lowest BCUT2D eigenvalue weighted by Crippen LogP contribution is -2.28. The molecule has 0 aliphatic carbocycles. The molecule has 0 N–H and O–H groups in total. The summed E-state index contributed by atoms with van der Waals surface area (Å²) in [5.41, 5.74) is -6.30. The van der Waals surface area contributed by atoms with Crippen molar-refractivity contribution in [3.8, 4) is 5.75 Å². The van der Waals surface area contributed by atoms with Crippen LogP contribution in [0.1, 0.15) is 5.56 Å². The van der Waals surface area contributed by atoms with E-state index in [9.17, 15) is 31.7 Å². The highest BCUT2D eigenvalue weighted by Crippen LogP contribution is 2.36. The fourth-order valence-electron chi connectivity index (χ4n) is 1.08. The lowest BCUT2D eigenvalue weighted by molar-refractivity contribution is -0.385. The second kappa shape index (κ2) is 4.85. The predicted octanol–water partition coefficient (Wildman–Crippen LogP) is 2.79. The van der Waals surface area contributed by atoms with Crippen LogP contribution >= 0.6 is 11.6 Å². The Morgan fingerprint density at radius 1 is 1.37 bits per heavy atom. The highest BCUT2D eigenvalue weighted by molar-refractivity contribution is 7.88. The summed E-state index contributed by atoms with van der Waals surface area (Å²) >= 11 is 5.54. The lowest BCUT2D eigenvalue weighted by atomic mass is 10.2. The maximum atomic E-state index is 12.1. The third-order valence-electron chi connectivity index (χ3n) is 2.00. The molecule has 19 heavy (non-hydrogen) atoms. The Hall–Kier alpha value is -1.55. The van der Waals surface area contributed by atoms with E-state index in [-0.39, 0.29) is 5.56 Å². The Labute approximate surface area is 110 Å². The maximum Gasteiger partial charge on any atom is 0.534 e. The molecular weight excluding hydrogens is 315 g/mol. The van der Waals surface area contributed by atoms with Gasteiger partial charge in [0.25, 0.3) is 5.69 Å². The van der Waals surface area contributed by atoms with Gasteiger partial charge in [0.1, 0.15) is 0 Å². The normalized spacial score (nSPS) is 12.3. The van der Waals surface area contributed by atoms with Crippen LogP contribution in [0.2, 0.25) is 5.02 Å². The number of halogens is 4. The maximum absolute atomic E-state index is 12.1. The van der Waals surface area contributed by atoms with Gasteiger partial charge in [-0.2, -0.15) is 21.6 Å². The summed E-state index contributed by atoms with van der Waals surface area (Å²) in [6.07, 6.45) is 0. The van der Waals surface area contributed by atoms with Gasteiger partial charge in [-0.15, -0.1) is 0 Å². The molecule has 0 unspecified atom stereocenters. The average molecular weight is 320 g/mol. The predicted molar refractivity (Wildman–Crippen MR) is 58.4 cm³/mol. The number of nitro benzene ring substituents is 1. The SMILES string of the molecule is Cc1c([N+](=O)[O-])ccc(OS(=O)(=O)C(F)(F)F)c1Cl. The van der Waals surface area contributed by atoms with Crippen LogP contribution in [0.3, 0.4) is 0 Å². The first-order valence-corrected chi connectivity index (χ1v) is 6.20. The summed E-state index contributed by atoms with van der Waals surface area (Å²) in [6, 6.07) is 1.47. The Bertz CT molecular complexity index is 628. The van der Waals surface area contributed by atoms with Crippen molar-refractivity contribution in [2.75, 3.05) is 0 Å². The molecule has 0 aromatic heterocycles. The molecule has 0 spiro atoms. The molecule has 0 heterocycles. The zero-order chi connectivity index (χ0) is 15.0. The molecule has 0 saturated carbocycles. The summed E-state index contributed by atoms with van der Waals surface area (Å²) in [5, 5.41) is 9.96. The van der Waals surface area contributed by atoms with E-state index in [0.29, 0.717) is 6.07 Å². The number of hydrogen-bond donors (Lipinski definition) is 0. The molecule has 0 radical (unpaired) electrons. The topological polar surface area (TPSA) is 86.5 Å². The fraction of sp³-hybridized carbons (Fsp3) is 0.250. The van der Waals surface area contributed by atoms with Crippen molar-refractivity contribution in [3.63, 3.8) is 0 Å².